The maximum absolute atomic E-state index is 13.1. The van der Waals surface area contributed by atoms with Crippen molar-refractivity contribution >= 4 is 17.3 Å². The number of nitrogens with zero attached hydrogens (tertiary/aromatic N) is 2. The Hall–Kier alpha value is -2.05. The Bertz CT molecular complexity index is 705. The number of halogens is 6. The fourth-order valence-corrected chi connectivity index (χ4v) is 3.05. The highest BCUT2D eigenvalue weighted by Crippen LogP contribution is 2.35. The van der Waals surface area contributed by atoms with Crippen LogP contribution < -0.4 is 10.2 Å². The van der Waals surface area contributed by atoms with Crippen LogP contribution in [-0.4, -0.2) is 74.6 Å². The summed E-state index contributed by atoms with van der Waals surface area (Å²) in [5.41, 5.74) is -0.787. The van der Waals surface area contributed by atoms with Crippen LogP contribution in [0.1, 0.15) is 12.0 Å². The zero-order valence-electron chi connectivity index (χ0n) is 16.0. The summed E-state index contributed by atoms with van der Waals surface area (Å²) in [6.07, 6.45) is -9.19. The Morgan fingerprint density at radius 3 is 2.40 bits per heavy atom. The van der Waals surface area contributed by atoms with Crippen LogP contribution in [0.5, 0.6) is 0 Å². The van der Waals surface area contributed by atoms with E-state index in [1.807, 2.05) is 0 Å². The molecule has 1 aliphatic rings. The van der Waals surface area contributed by atoms with Gasteiger partial charge in [0.15, 0.2) is 0 Å². The molecular formula is C18H23F6N3O3. The van der Waals surface area contributed by atoms with E-state index in [9.17, 15) is 31.1 Å². The molecule has 0 aromatic heterocycles. The minimum Gasteiger partial charge on any atom is -0.396 e. The number of ether oxygens (including phenoxy) is 1. The number of carbonyl (C=O) groups is 1. The van der Waals surface area contributed by atoms with Gasteiger partial charge in [-0.25, -0.2) is 0 Å². The lowest BCUT2D eigenvalue weighted by Crippen LogP contribution is -2.41. The molecule has 2 N–H and O–H groups in total. The normalized spacial score (nSPS) is 15.5. The van der Waals surface area contributed by atoms with E-state index >= 15 is 0 Å². The second kappa shape index (κ2) is 10.3. The van der Waals surface area contributed by atoms with Crippen molar-refractivity contribution in [3.05, 3.63) is 23.8 Å². The Morgan fingerprint density at radius 1 is 1.17 bits per heavy atom. The van der Waals surface area contributed by atoms with Gasteiger partial charge < -0.3 is 20.1 Å². The summed E-state index contributed by atoms with van der Waals surface area (Å²) in [5, 5.41) is 11.2. The fraction of sp³-hybridized carbons (Fsp3) is 0.611. The third kappa shape index (κ3) is 7.65. The zero-order chi connectivity index (χ0) is 22.4. The first kappa shape index (κ1) is 24.2. The van der Waals surface area contributed by atoms with Crippen molar-refractivity contribution in [1.82, 2.24) is 4.90 Å². The highest BCUT2D eigenvalue weighted by molar-refractivity contribution is 5.95. The number of aliphatic hydroxyl groups is 1. The van der Waals surface area contributed by atoms with Gasteiger partial charge in [0.25, 0.3) is 0 Å². The molecule has 1 fully saturated rings. The van der Waals surface area contributed by atoms with Gasteiger partial charge in [-0.1, -0.05) is 0 Å². The quantitative estimate of drug-likeness (QED) is 0.605. The van der Waals surface area contributed by atoms with Crippen molar-refractivity contribution in [2.24, 2.45) is 0 Å². The van der Waals surface area contributed by atoms with E-state index in [-0.39, 0.29) is 25.3 Å². The number of anilines is 2. The first-order valence-corrected chi connectivity index (χ1v) is 9.23. The molecule has 1 saturated heterocycles. The molecule has 2 rings (SSSR count). The maximum atomic E-state index is 13.1. The molecule has 0 atom stereocenters. The van der Waals surface area contributed by atoms with Crippen LogP contribution >= 0.6 is 0 Å². The number of amides is 1. The van der Waals surface area contributed by atoms with Gasteiger partial charge in [-0.2, -0.15) is 26.3 Å². The van der Waals surface area contributed by atoms with E-state index in [0.717, 1.165) is 17.0 Å². The van der Waals surface area contributed by atoms with Crippen LogP contribution in [0, 0.1) is 0 Å². The molecule has 30 heavy (non-hydrogen) atoms. The lowest BCUT2D eigenvalue weighted by Gasteiger charge is -2.31. The number of nitrogens with one attached hydrogen (secondary N) is 1. The van der Waals surface area contributed by atoms with Crippen LogP contribution in [0.15, 0.2) is 18.2 Å². The molecule has 6 nitrogen and oxygen atoms in total. The van der Waals surface area contributed by atoms with E-state index in [4.69, 9.17) is 9.84 Å². The number of benzene rings is 1. The average Bonchev–Trinajstić information content (AvgIpc) is 2.64. The summed E-state index contributed by atoms with van der Waals surface area (Å²) in [5.74, 6) is -0.883. The van der Waals surface area contributed by atoms with Gasteiger partial charge in [-0.3, -0.25) is 9.69 Å². The molecule has 1 heterocycles. The number of morpholine rings is 1. The number of alkyl halides is 6. The summed E-state index contributed by atoms with van der Waals surface area (Å²) in [7, 11) is 0. The van der Waals surface area contributed by atoms with Crippen LogP contribution in [0.25, 0.3) is 0 Å². The molecule has 0 aliphatic carbocycles. The monoisotopic (exact) mass is 443 g/mol. The minimum atomic E-state index is -4.65. The lowest BCUT2D eigenvalue weighted by atomic mass is 10.1. The number of hydrogen-bond donors (Lipinski definition) is 2. The topological polar surface area (TPSA) is 65.0 Å². The standard InChI is InChI=1S/C18H23F6N3O3/c19-17(20,21)12-26(4-1-7-28)11-16(29)25-14-10-13(18(22,23)24)2-3-15(14)27-5-8-30-9-6-27/h2-3,10,28H,1,4-9,11-12H2,(H,25,29). The second-order valence-corrected chi connectivity index (χ2v) is 6.78. The molecule has 0 unspecified atom stereocenters. The maximum Gasteiger partial charge on any atom is 0.416 e. The van der Waals surface area contributed by atoms with Gasteiger partial charge in [0.2, 0.25) is 5.91 Å². The Kier molecular flexibility index (Phi) is 8.33. The molecule has 170 valence electrons. The molecule has 1 aromatic rings. The number of rotatable bonds is 8. The summed E-state index contributed by atoms with van der Waals surface area (Å²) in [4.78, 5) is 14.9. The molecule has 1 aromatic carbocycles. The fourth-order valence-electron chi connectivity index (χ4n) is 3.05. The van der Waals surface area contributed by atoms with Crippen LogP contribution in [0.4, 0.5) is 37.7 Å². The number of aliphatic hydroxyl groups excluding tert-OH is 1. The SMILES string of the molecule is O=C(CN(CCCO)CC(F)(F)F)Nc1cc(C(F)(F)F)ccc1N1CCOCC1. The van der Waals surface area contributed by atoms with Crippen molar-refractivity contribution in [2.75, 3.05) is 62.8 Å². The molecule has 1 amide bonds. The van der Waals surface area contributed by atoms with Crippen molar-refractivity contribution < 1.29 is 41.0 Å². The number of hydrogen-bond acceptors (Lipinski definition) is 5. The highest BCUT2D eigenvalue weighted by Gasteiger charge is 2.33. The summed E-state index contributed by atoms with van der Waals surface area (Å²) >= 11 is 0. The third-order valence-electron chi connectivity index (χ3n) is 4.35. The molecule has 0 spiro atoms. The second-order valence-electron chi connectivity index (χ2n) is 6.78. The van der Waals surface area contributed by atoms with E-state index in [1.165, 1.54) is 6.07 Å². The average molecular weight is 443 g/mol. The predicted molar refractivity (Wildman–Crippen MR) is 97.3 cm³/mol. The lowest BCUT2D eigenvalue weighted by molar-refractivity contribution is -0.148. The Morgan fingerprint density at radius 2 is 1.83 bits per heavy atom. The van der Waals surface area contributed by atoms with Crippen molar-refractivity contribution in [3.63, 3.8) is 0 Å². The van der Waals surface area contributed by atoms with Gasteiger partial charge in [0.1, 0.15) is 0 Å². The summed E-state index contributed by atoms with van der Waals surface area (Å²) < 4.78 is 82.7. The molecule has 0 bridgehead atoms. The van der Waals surface area contributed by atoms with E-state index in [2.05, 4.69) is 5.32 Å². The first-order chi connectivity index (χ1) is 14.0. The Labute approximate surface area is 169 Å². The summed E-state index contributed by atoms with van der Waals surface area (Å²) in [6, 6.07) is 2.88. The van der Waals surface area contributed by atoms with Gasteiger partial charge in [0, 0.05) is 26.2 Å². The highest BCUT2D eigenvalue weighted by atomic mass is 19.4. The molecule has 0 radical (unpaired) electrons. The zero-order valence-corrected chi connectivity index (χ0v) is 16.0. The number of carbonyl (C=O) groups excluding carboxylic acids is 1. The largest absolute Gasteiger partial charge is 0.416 e. The van der Waals surface area contributed by atoms with Crippen LogP contribution in [0.2, 0.25) is 0 Å². The van der Waals surface area contributed by atoms with Crippen molar-refractivity contribution in [1.29, 1.82) is 0 Å². The minimum absolute atomic E-state index is 0.0198. The Balaban J connectivity index is 2.21. The summed E-state index contributed by atoms with van der Waals surface area (Å²) in [6.45, 7) is -1.11. The van der Waals surface area contributed by atoms with E-state index in [0.29, 0.717) is 32.0 Å². The molecule has 12 heteroatoms. The third-order valence-corrected chi connectivity index (χ3v) is 4.35. The van der Waals surface area contributed by atoms with Crippen molar-refractivity contribution in [2.45, 2.75) is 18.8 Å². The molecule has 1 aliphatic heterocycles. The first-order valence-electron chi connectivity index (χ1n) is 9.23. The van der Waals surface area contributed by atoms with Gasteiger partial charge in [-0.15, -0.1) is 0 Å². The van der Waals surface area contributed by atoms with Gasteiger partial charge in [-0.05, 0) is 24.6 Å². The smallest absolute Gasteiger partial charge is 0.396 e. The molecule has 0 saturated carbocycles. The van der Waals surface area contributed by atoms with Crippen LogP contribution in [0.3, 0.4) is 0 Å². The van der Waals surface area contributed by atoms with Crippen molar-refractivity contribution in [3.8, 4) is 0 Å². The van der Waals surface area contributed by atoms with Crippen LogP contribution in [-0.2, 0) is 15.7 Å². The predicted octanol–water partition coefficient (Wildman–Crippen LogP) is 2.73. The van der Waals surface area contributed by atoms with Gasteiger partial charge >= 0.3 is 12.4 Å². The van der Waals surface area contributed by atoms with E-state index in [1.54, 1.807) is 4.90 Å². The van der Waals surface area contributed by atoms with E-state index < -0.39 is 36.9 Å². The van der Waals surface area contributed by atoms with Gasteiger partial charge in [0.05, 0.1) is 43.2 Å². The molecular weight excluding hydrogens is 420 g/mol.